The number of methoxy groups -OCH3 is 1. The Labute approximate surface area is 171 Å². The fourth-order valence-corrected chi connectivity index (χ4v) is 2.89. The Balaban J connectivity index is 5.91. The maximum Gasteiger partial charge on any atom is 0.409 e. The summed E-state index contributed by atoms with van der Waals surface area (Å²) >= 11 is 0. The molecule has 0 aromatic heterocycles. The zero-order valence-corrected chi connectivity index (χ0v) is 17.1. The van der Waals surface area contributed by atoms with E-state index in [1.165, 1.54) is 13.1 Å². The summed E-state index contributed by atoms with van der Waals surface area (Å²) in [4.78, 5) is 11.3. The van der Waals surface area contributed by atoms with Gasteiger partial charge in [-0.2, -0.15) is 52.7 Å². The molecule has 19 heteroatoms. The Morgan fingerprint density at radius 1 is 0.812 bits per heavy atom. The molecule has 0 rings (SSSR count). The first-order valence-corrected chi connectivity index (χ1v) is 10.9. The number of carbonyl (C=O) groups excluding carboxylic acids is 1. The quantitative estimate of drug-likeness (QED) is 0.239. The van der Waals surface area contributed by atoms with Gasteiger partial charge < -0.3 is 9.47 Å². The van der Waals surface area contributed by atoms with Gasteiger partial charge in [0.05, 0.1) is 8.80 Å². The van der Waals surface area contributed by atoms with E-state index in [1.807, 2.05) is 0 Å². The van der Waals surface area contributed by atoms with Crippen molar-refractivity contribution in [2.24, 2.45) is 0 Å². The lowest BCUT2D eigenvalue weighted by atomic mass is 9.91. The highest BCUT2D eigenvalue weighted by molar-refractivity contribution is 6.57. The van der Waals surface area contributed by atoms with Gasteiger partial charge in [0, 0.05) is 7.11 Å². The summed E-state index contributed by atoms with van der Waals surface area (Å²) in [5, 5.41) is 1.68. The molecule has 0 saturated heterocycles. The highest BCUT2D eigenvalue weighted by Gasteiger charge is 2.91. The molecule has 0 heterocycles. The van der Waals surface area contributed by atoms with E-state index in [4.69, 9.17) is 0 Å². The average Bonchev–Trinajstić information content (AvgIpc) is 2.63. The summed E-state index contributed by atoms with van der Waals surface area (Å²) in [6.45, 7) is -0.102. The van der Waals surface area contributed by atoms with Crippen molar-refractivity contribution in [1.29, 1.82) is 0 Å². The van der Waals surface area contributed by atoms with Gasteiger partial charge in [-0.25, -0.2) is 13.6 Å². The lowest BCUT2D eigenvalue weighted by Gasteiger charge is -2.40. The van der Waals surface area contributed by atoms with Gasteiger partial charge in [-0.3, -0.25) is 5.32 Å². The third kappa shape index (κ3) is 5.01. The molecule has 0 spiro atoms. The SMILES string of the molecule is COC(NC(=O)OCC(F)(F)C(F)(F)C(F)(F)C(F)(F)C(F)(F)C(F)(F)C(F)F)[SiH](C)C. The number of carbonyl (C=O) groups is 1. The fourth-order valence-electron chi connectivity index (χ4n) is 1.87. The van der Waals surface area contributed by atoms with Crippen LogP contribution in [0.1, 0.15) is 0 Å². The van der Waals surface area contributed by atoms with Crippen LogP contribution in [0.15, 0.2) is 0 Å². The third-order valence-corrected chi connectivity index (χ3v) is 5.49. The minimum atomic E-state index is -8.13. The standard InChI is InChI=1S/C13H15F14NO3Si/c1-30-7(32(2)3)28-6(29)31-4-8(16,17)10(20,21)12(24,25)13(26,27)11(22,23)9(18,19)5(14)15/h5,7,32H,4H2,1-3H3,(H,28,29). The lowest BCUT2D eigenvalue weighted by Crippen LogP contribution is -2.72. The zero-order chi connectivity index (χ0) is 26.1. The van der Waals surface area contributed by atoms with Gasteiger partial charge in [0.1, 0.15) is 5.85 Å². The van der Waals surface area contributed by atoms with Crippen LogP contribution in [-0.4, -0.2) is 76.4 Å². The summed E-state index contributed by atoms with van der Waals surface area (Å²) in [5.74, 6) is -46.7. The monoisotopic (exact) mass is 527 g/mol. The van der Waals surface area contributed by atoms with E-state index >= 15 is 0 Å². The van der Waals surface area contributed by atoms with Gasteiger partial charge in [-0.1, -0.05) is 13.1 Å². The van der Waals surface area contributed by atoms with Crippen molar-refractivity contribution in [3.8, 4) is 0 Å². The van der Waals surface area contributed by atoms with Crippen molar-refractivity contribution in [3.05, 3.63) is 0 Å². The van der Waals surface area contributed by atoms with Gasteiger partial charge in [0.15, 0.2) is 6.61 Å². The van der Waals surface area contributed by atoms with Crippen LogP contribution in [0, 0.1) is 0 Å². The van der Waals surface area contributed by atoms with Crippen molar-refractivity contribution in [3.63, 3.8) is 0 Å². The van der Waals surface area contributed by atoms with Gasteiger partial charge in [0.25, 0.3) is 0 Å². The number of halogens is 14. The molecule has 1 N–H and O–H groups in total. The second-order valence-corrected chi connectivity index (χ2v) is 9.64. The Morgan fingerprint density at radius 2 is 1.22 bits per heavy atom. The molecule has 4 nitrogen and oxygen atoms in total. The van der Waals surface area contributed by atoms with Crippen molar-refractivity contribution in [2.75, 3.05) is 13.7 Å². The number of alkyl halides is 14. The van der Waals surface area contributed by atoms with Crippen LogP contribution in [0.2, 0.25) is 13.1 Å². The molecule has 0 aromatic rings. The van der Waals surface area contributed by atoms with Crippen molar-refractivity contribution in [2.45, 2.75) is 60.9 Å². The van der Waals surface area contributed by atoms with E-state index < -0.39 is 69.3 Å². The molecule has 0 radical (unpaired) electrons. The summed E-state index contributed by atoms with van der Waals surface area (Å²) < 4.78 is 191. The first kappa shape index (κ1) is 30.5. The van der Waals surface area contributed by atoms with Crippen LogP contribution >= 0.6 is 0 Å². The predicted molar refractivity (Wildman–Crippen MR) is 79.8 cm³/mol. The molecule has 0 aromatic carbocycles. The highest BCUT2D eigenvalue weighted by atomic mass is 28.3. The van der Waals surface area contributed by atoms with E-state index in [0.29, 0.717) is 0 Å². The normalized spacial score (nSPS) is 15.8. The molecule has 0 bridgehead atoms. The summed E-state index contributed by atoms with van der Waals surface area (Å²) in [7, 11) is -0.942. The van der Waals surface area contributed by atoms with E-state index in [0.717, 1.165) is 7.11 Å². The van der Waals surface area contributed by atoms with Gasteiger partial charge in [-0.05, 0) is 0 Å². The number of amides is 1. The maximum atomic E-state index is 13.5. The number of ether oxygens (including phenoxy) is 2. The second-order valence-electron chi connectivity index (χ2n) is 6.55. The summed E-state index contributed by atoms with van der Waals surface area (Å²) in [6, 6.07) is 0. The molecule has 1 amide bonds. The minimum Gasteiger partial charge on any atom is -0.443 e. The first-order valence-electron chi connectivity index (χ1n) is 7.96. The van der Waals surface area contributed by atoms with Crippen LogP contribution < -0.4 is 5.32 Å². The minimum absolute atomic E-state index is 0.999. The number of rotatable bonds is 11. The fraction of sp³-hybridized carbons (Fsp3) is 0.923. The molecular formula is C13H15F14NO3Si. The summed E-state index contributed by atoms with van der Waals surface area (Å²) in [5.41, 5.74) is 0. The Hall–Kier alpha value is -1.53. The highest BCUT2D eigenvalue weighted by Crippen LogP contribution is 2.60. The van der Waals surface area contributed by atoms with Crippen molar-refractivity contribution in [1.82, 2.24) is 5.32 Å². The Bertz CT molecular complexity index is 658. The molecule has 1 atom stereocenters. The van der Waals surface area contributed by atoms with Crippen LogP contribution in [0.4, 0.5) is 66.3 Å². The molecule has 32 heavy (non-hydrogen) atoms. The van der Waals surface area contributed by atoms with E-state index in [9.17, 15) is 66.3 Å². The Morgan fingerprint density at radius 3 is 1.56 bits per heavy atom. The predicted octanol–water partition coefficient (Wildman–Crippen LogP) is 4.79. The van der Waals surface area contributed by atoms with Crippen LogP contribution in [0.5, 0.6) is 0 Å². The first-order chi connectivity index (χ1) is 14.0. The molecule has 192 valence electrons. The molecule has 1 unspecified atom stereocenters. The molecule has 0 fully saturated rings. The maximum absolute atomic E-state index is 13.5. The van der Waals surface area contributed by atoms with Crippen LogP contribution in [0.3, 0.4) is 0 Å². The van der Waals surface area contributed by atoms with Crippen molar-refractivity contribution < 1.29 is 75.7 Å². The van der Waals surface area contributed by atoms with E-state index in [2.05, 4.69) is 9.47 Å². The molecule has 0 saturated carbocycles. The summed E-state index contributed by atoms with van der Waals surface area (Å²) in [6.07, 6.45) is -7.77. The molecule has 0 aliphatic rings. The zero-order valence-electron chi connectivity index (χ0n) is 16.0. The van der Waals surface area contributed by atoms with Gasteiger partial charge in [-0.15, -0.1) is 0 Å². The number of alkyl carbamates (subject to hydrolysis) is 1. The number of hydrogen-bond donors (Lipinski definition) is 1. The van der Waals surface area contributed by atoms with E-state index in [1.54, 1.807) is 5.32 Å². The van der Waals surface area contributed by atoms with Crippen LogP contribution in [-0.2, 0) is 9.47 Å². The molecule has 0 aliphatic heterocycles. The van der Waals surface area contributed by atoms with Crippen LogP contribution in [0.25, 0.3) is 0 Å². The molecular weight excluding hydrogens is 512 g/mol. The lowest BCUT2D eigenvalue weighted by molar-refractivity contribution is -0.433. The van der Waals surface area contributed by atoms with Gasteiger partial charge in [0.2, 0.25) is 0 Å². The van der Waals surface area contributed by atoms with Gasteiger partial charge >= 0.3 is 48.1 Å². The second kappa shape index (κ2) is 9.38. The largest absolute Gasteiger partial charge is 0.443 e. The topological polar surface area (TPSA) is 47.6 Å². The van der Waals surface area contributed by atoms with Crippen molar-refractivity contribution >= 4 is 14.9 Å². The number of nitrogens with one attached hydrogen (secondary N) is 1. The Kier molecular flexibility index (Phi) is 8.93. The average molecular weight is 527 g/mol. The number of hydrogen-bond acceptors (Lipinski definition) is 3. The smallest absolute Gasteiger partial charge is 0.409 e. The third-order valence-electron chi connectivity index (χ3n) is 3.84. The molecule has 0 aliphatic carbocycles. The van der Waals surface area contributed by atoms with E-state index in [-0.39, 0.29) is 0 Å².